The van der Waals surface area contributed by atoms with Crippen molar-refractivity contribution in [2.75, 3.05) is 0 Å². The van der Waals surface area contributed by atoms with Crippen LogP contribution in [-0.2, 0) is 35.2 Å². The minimum atomic E-state index is -1.72. The summed E-state index contributed by atoms with van der Waals surface area (Å²) in [6, 6.07) is 1.86. The van der Waals surface area contributed by atoms with Gasteiger partial charge in [0.1, 0.15) is 18.1 Å². The number of hydrogen-bond acceptors (Lipinski definition) is 7. The van der Waals surface area contributed by atoms with Gasteiger partial charge in [-0.1, -0.05) is 32.0 Å². The van der Waals surface area contributed by atoms with E-state index in [0.717, 1.165) is 10.9 Å². The van der Waals surface area contributed by atoms with Crippen molar-refractivity contribution in [1.82, 2.24) is 20.9 Å². The average molecular weight is 562 g/mol. The van der Waals surface area contributed by atoms with Gasteiger partial charge in [0.05, 0.1) is 12.5 Å². The summed E-state index contributed by atoms with van der Waals surface area (Å²) in [5.41, 5.74) is 7.30. The predicted molar refractivity (Wildman–Crippen MR) is 142 cm³/mol. The van der Waals surface area contributed by atoms with Gasteiger partial charge in [0.2, 0.25) is 17.7 Å². The normalized spacial score (nSPS) is 14.1. The largest absolute Gasteiger partial charge is 0.481 e. The predicted octanol–water partition coefficient (Wildman–Crippen LogP) is -0.0377. The van der Waals surface area contributed by atoms with E-state index in [1.807, 2.05) is 18.2 Å². The van der Waals surface area contributed by atoms with Crippen LogP contribution in [0.25, 0.3) is 10.9 Å². The van der Waals surface area contributed by atoms with Crippen LogP contribution in [0.3, 0.4) is 0 Å². The Balaban J connectivity index is 2.30. The number of benzene rings is 1. The van der Waals surface area contributed by atoms with Crippen molar-refractivity contribution < 1.29 is 44.1 Å². The maximum atomic E-state index is 13.5. The van der Waals surface area contributed by atoms with Crippen molar-refractivity contribution in [3.63, 3.8) is 0 Å². The molecule has 1 aromatic carbocycles. The molecule has 0 bridgehead atoms. The van der Waals surface area contributed by atoms with Crippen LogP contribution in [0, 0.1) is 5.92 Å². The number of amides is 3. The fourth-order valence-electron chi connectivity index (χ4n) is 4.04. The van der Waals surface area contributed by atoms with E-state index in [1.165, 1.54) is 0 Å². The van der Waals surface area contributed by atoms with E-state index >= 15 is 0 Å². The number of aliphatic carboxylic acids is 3. The van der Waals surface area contributed by atoms with Crippen LogP contribution in [0.1, 0.15) is 45.1 Å². The molecule has 0 spiro atoms. The molecule has 218 valence electrons. The summed E-state index contributed by atoms with van der Waals surface area (Å²) in [6.07, 6.45) is 0.357. The van der Waals surface area contributed by atoms with Gasteiger partial charge in [0.25, 0.3) is 0 Å². The fraction of sp³-hybridized carbons (Fsp3) is 0.462. The molecule has 0 saturated heterocycles. The lowest BCUT2D eigenvalue weighted by Gasteiger charge is -2.26. The number of carbonyl (C=O) groups excluding carboxylic acids is 3. The second-order valence-electron chi connectivity index (χ2n) is 9.85. The summed E-state index contributed by atoms with van der Waals surface area (Å²) in [5.74, 6) is -6.69. The Bertz CT molecular complexity index is 1240. The molecule has 40 heavy (non-hydrogen) atoms. The molecule has 14 heteroatoms. The van der Waals surface area contributed by atoms with Gasteiger partial charge in [0.15, 0.2) is 0 Å². The lowest BCUT2D eigenvalue weighted by Crippen LogP contribution is -2.58. The molecule has 1 heterocycles. The molecule has 0 aliphatic heterocycles. The number of hydrogen-bond donors (Lipinski definition) is 8. The van der Waals surface area contributed by atoms with Crippen molar-refractivity contribution in [3.8, 4) is 0 Å². The zero-order valence-electron chi connectivity index (χ0n) is 22.2. The van der Waals surface area contributed by atoms with Gasteiger partial charge in [-0.2, -0.15) is 0 Å². The van der Waals surface area contributed by atoms with E-state index in [2.05, 4.69) is 20.9 Å². The van der Waals surface area contributed by atoms with E-state index in [0.29, 0.717) is 5.56 Å². The van der Waals surface area contributed by atoms with Crippen molar-refractivity contribution >= 4 is 46.5 Å². The number of aromatic nitrogens is 1. The van der Waals surface area contributed by atoms with Gasteiger partial charge >= 0.3 is 17.9 Å². The van der Waals surface area contributed by atoms with Gasteiger partial charge in [-0.15, -0.1) is 0 Å². The van der Waals surface area contributed by atoms with E-state index in [9.17, 15) is 33.9 Å². The van der Waals surface area contributed by atoms with Gasteiger partial charge in [-0.3, -0.25) is 24.0 Å². The maximum absolute atomic E-state index is 13.5. The summed E-state index contributed by atoms with van der Waals surface area (Å²) in [4.78, 5) is 75.6. The van der Waals surface area contributed by atoms with Gasteiger partial charge in [-0.05, 0) is 30.4 Å². The highest BCUT2D eigenvalue weighted by Gasteiger charge is 2.32. The molecule has 0 aliphatic rings. The van der Waals surface area contributed by atoms with Crippen molar-refractivity contribution in [2.24, 2.45) is 11.7 Å². The fourth-order valence-corrected chi connectivity index (χ4v) is 4.04. The second-order valence-corrected chi connectivity index (χ2v) is 9.85. The maximum Gasteiger partial charge on any atom is 0.326 e. The monoisotopic (exact) mass is 561 g/mol. The SMILES string of the molecule is CC(C)CC(NC(=O)C(Cc1c[nH]c2ccccc12)NC(=O)C(N)CCC(=O)O)C(=O)NC(CC(=O)O)C(=O)O. The Morgan fingerprint density at radius 1 is 0.850 bits per heavy atom. The van der Waals surface area contributed by atoms with E-state index in [1.54, 1.807) is 26.1 Å². The molecular formula is C26H35N5O9. The first-order valence-corrected chi connectivity index (χ1v) is 12.7. The first-order valence-electron chi connectivity index (χ1n) is 12.7. The van der Waals surface area contributed by atoms with Crippen LogP contribution in [-0.4, -0.2) is 80.1 Å². The third kappa shape index (κ3) is 9.69. The van der Waals surface area contributed by atoms with Gasteiger partial charge in [0, 0.05) is 29.9 Å². The summed E-state index contributed by atoms with van der Waals surface area (Å²) in [6.45, 7) is 3.54. The van der Waals surface area contributed by atoms with Crippen molar-refractivity contribution in [1.29, 1.82) is 0 Å². The molecular weight excluding hydrogens is 526 g/mol. The highest BCUT2D eigenvalue weighted by atomic mass is 16.4. The smallest absolute Gasteiger partial charge is 0.326 e. The summed E-state index contributed by atoms with van der Waals surface area (Å²) < 4.78 is 0. The quantitative estimate of drug-likeness (QED) is 0.136. The van der Waals surface area contributed by atoms with Crippen LogP contribution in [0.15, 0.2) is 30.5 Å². The lowest BCUT2D eigenvalue weighted by atomic mass is 10.00. The number of nitrogens with one attached hydrogen (secondary N) is 4. The molecule has 0 aliphatic carbocycles. The van der Waals surface area contributed by atoms with E-state index < -0.39 is 66.2 Å². The summed E-state index contributed by atoms with van der Waals surface area (Å²) in [7, 11) is 0. The van der Waals surface area contributed by atoms with E-state index in [-0.39, 0.29) is 31.6 Å². The van der Waals surface area contributed by atoms with Gasteiger partial charge in [-0.25, -0.2) is 4.79 Å². The van der Waals surface area contributed by atoms with Crippen LogP contribution >= 0.6 is 0 Å². The highest BCUT2D eigenvalue weighted by molar-refractivity contribution is 5.95. The first-order chi connectivity index (χ1) is 18.8. The first kappa shape index (κ1) is 31.8. The molecule has 0 saturated carbocycles. The molecule has 3 amide bonds. The molecule has 2 rings (SSSR count). The zero-order chi connectivity index (χ0) is 30.0. The number of para-hydroxylation sites is 1. The molecule has 4 atom stereocenters. The van der Waals surface area contributed by atoms with Crippen molar-refractivity contribution in [2.45, 2.75) is 70.1 Å². The highest BCUT2D eigenvalue weighted by Crippen LogP contribution is 2.19. The molecule has 4 unspecified atom stereocenters. The van der Waals surface area contributed by atoms with Crippen LogP contribution in [0.4, 0.5) is 0 Å². The topological polar surface area (TPSA) is 241 Å². The number of carboxylic acid groups (broad SMARTS) is 3. The second kappa shape index (κ2) is 14.6. The Kier molecular flexibility index (Phi) is 11.6. The molecule has 9 N–H and O–H groups in total. The number of H-pyrrole nitrogens is 1. The minimum Gasteiger partial charge on any atom is -0.481 e. The average Bonchev–Trinajstić information content (AvgIpc) is 3.28. The molecule has 2 aromatic rings. The third-order valence-electron chi connectivity index (χ3n) is 6.07. The third-order valence-corrected chi connectivity index (χ3v) is 6.07. The number of nitrogens with two attached hydrogens (primary N) is 1. The number of fused-ring (bicyclic) bond motifs is 1. The number of carbonyl (C=O) groups is 6. The van der Waals surface area contributed by atoms with Crippen LogP contribution in [0.2, 0.25) is 0 Å². The number of carboxylic acids is 3. The number of aromatic amines is 1. The summed E-state index contributed by atoms with van der Waals surface area (Å²) in [5, 5.41) is 35.2. The Labute approximate surface area is 229 Å². The lowest BCUT2D eigenvalue weighted by molar-refractivity contribution is -0.147. The standard InChI is InChI=1S/C26H35N5O9/c1-13(2)9-18(24(37)31-20(26(39)40)11-22(34)35)30-25(38)19(29-23(36)16(27)7-8-21(32)33)10-14-12-28-17-6-4-3-5-15(14)17/h3-6,12-13,16,18-20,28H,7-11,27H2,1-2H3,(H,29,36)(H,30,38)(H,31,37)(H,32,33)(H,34,35)(H,39,40). The molecule has 0 radical (unpaired) electrons. The van der Waals surface area contributed by atoms with Gasteiger partial charge < -0.3 is 42.0 Å². The summed E-state index contributed by atoms with van der Waals surface area (Å²) >= 11 is 0. The Morgan fingerprint density at radius 2 is 1.45 bits per heavy atom. The molecule has 0 fully saturated rings. The van der Waals surface area contributed by atoms with Crippen molar-refractivity contribution in [3.05, 3.63) is 36.0 Å². The zero-order valence-corrected chi connectivity index (χ0v) is 22.2. The number of rotatable bonds is 16. The van der Waals surface area contributed by atoms with Crippen LogP contribution < -0.4 is 21.7 Å². The van der Waals surface area contributed by atoms with Crippen LogP contribution in [0.5, 0.6) is 0 Å². The Morgan fingerprint density at radius 3 is 2.05 bits per heavy atom. The minimum absolute atomic E-state index is 0.0139. The van der Waals surface area contributed by atoms with E-state index in [4.69, 9.17) is 15.9 Å². The molecule has 1 aromatic heterocycles. The Hall–Kier alpha value is -4.46. The molecule has 14 nitrogen and oxygen atoms in total.